The van der Waals surface area contributed by atoms with Crippen molar-refractivity contribution in [3.8, 4) is 0 Å². The summed E-state index contributed by atoms with van der Waals surface area (Å²) >= 11 is 1.75. The second-order valence-corrected chi connectivity index (χ2v) is 10.6. The fourth-order valence-electron chi connectivity index (χ4n) is 3.33. The summed E-state index contributed by atoms with van der Waals surface area (Å²) in [5.41, 5.74) is 1.18. The Kier molecular flexibility index (Phi) is 8.18. The van der Waals surface area contributed by atoms with Crippen LogP contribution in [0.4, 0.5) is 0 Å². The average molecular weight is 447 g/mol. The van der Waals surface area contributed by atoms with Crippen molar-refractivity contribution in [2.75, 3.05) is 25.9 Å². The molecule has 2 aromatic carbocycles. The molecule has 1 aliphatic heterocycles. The quantitative estimate of drug-likeness (QED) is 0.504. The van der Waals surface area contributed by atoms with Crippen molar-refractivity contribution >= 4 is 27.7 Å². The Balaban J connectivity index is 1.45. The molecule has 6 nitrogen and oxygen atoms in total. The van der Waals surface area contributed by atoms with Crippen LogP contribution < -0.4 is 10.6 Å². The molecule has 162 valence electrons. The van der Waals surface area contributed by atoms with E-state index in [9.17, 15) is 8.42 Å². The SMILES string of the molecule is CCS(=O)(=O)N1CCC(NC(=NC)NCc2ccc(Sc3ccccc3)cc2)CC1. The zero-order valence-corrected chi connectivity index (χ0v) is 19.2. The van der Waals surface area contributed by atoms with Crippen molar-refractivity contribution in [2.45, 2.75) is 42.1 Å². The van der Waals surface area contributed by atoms with E-state index in [4.69, 9.17) is 0 Å². The molecule has 3 rings (SSSR count). The van der Waals surface area contributed by atoms with Gasteiger partial charge in [-0.1, -0.05) is 42.1 Å². The number of guanidine groups is 1. The van der Waals surface area contributed by atoms with Crippen LogP contribution in [-0.4, -0.2) is 50.6 Å². The van der Waals surface area contributed by atoms with E-state index in [1.165, 1.54) is 15.4 Å². The lowest BCUT2D eigenvalue weighted by Gasteiger charge is -2.32. The number of nitrogens with zero attached hydrogens (tertiary/aromatic N) is 2. The van der Waals surface area contributed by atoms with E-state index in [0.29, 0.717) is 19.6 Å². The number of sulfonamides is 1. The van der Waals surface area contributed by atoms with E-state index in [2.05, 4.69) is 52.0 Å². The van der Waals surface area contributed by atoms with Crippen LogP contribution >= 0.6 is 11.8 Å². The zero-order chi connectivity index (χ0) is 21.4. The highest BCUT2D eigenvalue weighted by atomic mass is 32.2. The van der Waals surface area contributed by atoms with E-state index in [-0.39, 0.29) is 11.8 Å². The van der Waals surface area contributed by atoms with Gasteiger partial charge < -0.3 is 10.6 Å². The van der Waals surface area contributed by atoms with Gasteiger partial charge in [0.2, 0.25) is 10.0 Å². The summed E-state index contributed by atoms with van der Waals surface area (Å²) in [4.78, 5) is 6.75. The highest BCUT2D eigenvalue weighted by Gasteiger charge is 2.26. The maximum atomic E-state index is 12.0. The highest BCUT2D eigenvalue weighted by molar-refractivity contribution is 7.99. The van der Waals surface area contributed by atoms with Crippen molar-refractivity contribution in [1.29, 1.82) is 0 Å². The molecule has 0 spiro atoms. The fourth-order valence-corrected chi connectivity index (χ4v) is 5.30. The molecule has 1 aliphatic rings. The lowest BCUT2D eigenvalue weighted by molar-refractivity contribution is 0.306. The zero-order valence-electron chi connectivity index (χ0n) is 17.5. The maximum Gasteiger partial charge on any atom is 0.213 e. The van der Waals surface area contributed by atoms with Crippen LogP contribution in [0.25, 0.3) is 0 Å². The van der Waals surface area contributed by atoms with Gasteiger partial charge in [-0.2, -0.15) is 0 Å². The predicted molar refractivity (Wildman–Crippen MR) is 124 cm³/mol. The third kappa shape index (κ3) is 6.48. The summed E-state index contributed by atoms with van der Waals surface area (Å²) in [6, 6.07) is 19.1. The predicted octanol–water partition coefficient (Wildman–Crippen LogP) is 3.32. The van der Waals surface area contributed by atoms with Gasteiger partial charge in [0.05, 0.1) is 5.75 Å². The second kappa shape index (κ2) is 10.8. The molecule has 0 bridgehead atoms. The van der Waals surface area contributed by atoms with Crippen LogP contribution in [-0.2, 0) is 16.6 Å². The summed E-state index contributed by atoms with van der Waals surface area (Å²) < 4.78 is 25.6. The highest BCUT2D eigenvalue weighted by Crippen LogP contribution is 2.27. The van der Waals surface area contributed by atoms with Crippen molar-refractivity contribution in [3.63, 3.8) is 0 Å². The van der Waals surface area contributed by atoms with Crippen molar-refractivity contribution in [2.24, 2.45) is 4.99 Å². The molecule has 0 unspecified atom stereocenters. The molecule has 0 amide bonds. The van der Waals surface area contributed by atoms with Crippen LogP contribution in [0.5, 0.6) is 0 Å². The van der Waals surface area contributed by atoms with Gasteiger partial charge in [-0.25, -0.2) is 12.7 Å². The Morgan fingerprint density at radius 2 is 1.70 bits per heavy atom. The molecule has 8 heteroatoms. The molecule has 1 saturated heterocycles. The average Bonchev–Trinajstić information content (AvgIpc) is 2.78. The normalized spacial score (nSPS) is 16.4. The monoisotopic (exact) mass is 446 g/mol. The fraction of sp³-hybridized carbons (Fsp3) is 0.409. The number of hydrogen-bond donors (Lipinski definition) is 2. The van der Waals surface area contributed by atoms with Crippen molar-refractivity contribution < 1.29 is 8.42 Å². The van der Waals surface area contributed by atoms with E-state index in [1.54, 1.807) is 30.0 Å². The Morgan fingerprint density at radius 1 is 1.07 bits per heavy atom. The molecular formula is C22H30N4O2S2. The van der Waals surface area contributed by atoms with Gasteiger partial charge in [0.25, 0.3) is 0 Å². The smallest absolute Gasteiger partial charge is 0.213 e. The Morgan fingerprint density at radius 3 is 2.30 bits per heavy atom. The molecule has 1 heterocycles. The molecule has 0 saturated carbocycles. The molecule has 0 aromatic heterocycles. The maximum absolute atomic E-state index is 12.0. The van der Waals surface area contributed by atoms with E-state index >= 15 is 0 Å². The number of hydrogen-bond acceptors (Lipinski definition) is 4. The van der Waals surface area contributed by atoms with Crippen LogP contribution in [0.2, 0.25) is 0 Å². The first-order valence-electron chi connectivity index (χ1n) is 10.3. The van der Waals surface area contributed by atoms with Crippen LogP contribution in [0, 0.1) is 0 Å². The molecular weight excluding hydrogens is 416 g/mol. The number of benzene rings is 2. The minimum atomic E-state index is -3.09. The topological polar surface area (TPSA) is 73.8 Å². The third-order valence-corrected chi connectivity index (χ3v) is 8.04. The number of rotatable bonds is 7. The molecule has 0 atom stereocenters. The Labute approximate surface area is 184 Å². The Bertz CT molecular complexity index is 923. The van der Waals surface area contributed by atoms with Crippen LogP contribution in [0.3, 0.4) is 0 Å². The summed E-state index contributed by atoms with van der Waals surface area (Å²) in [7, 11) is -1.34. The van der Waals surface area contributed by atoms with Gasteiger partial charge in [0.15, 0.2) is 5.96 Å². The second-order valence-electron chi connectivity index (χ2n) is 7.20. The largest absolute Gasteiger partial charge is 0.354 e. The van der Waals surface area contributed by atoms with Crippen molar-refractivity contribution in [3.05, 3.63) is 60.2 Å². The molecule has 1 fully saturated rings. The minimum absolute atomic E-state index is 0.164. The Hall–Kier alpha value is -2.03. The molecule has 2 N–H and O–H groups in total. The lowest BCUT2D eigenvalue weighted by atomic mass is 10.1. The van der Waals surface area contributed by atoms with Gasteiger partial charge >= 0.3 is 0 Å². The summed E-state index contributed by atoms with van der Waals surface area (Å²) in [6.45, 7) is 3.49. The molecule has 0 radical (unpaired) electrons. The van der Waals surface area contributed by atoms with Gasteiger partial charge in [-0.15, -0.1) is 0 Å². The van der Waals surface area contributed by atoms with Crippen LogP contribution in [0.15, 0.2) is 69.4 Å². The van der Waals surface area contributed by atoms with Gasteiger partial charge in [-0.3, -0.25) is 4.99 Å². The van der Waals surface area contributed by atoms with E-state index < -0.39 is 10.0 Å². The first-order valence-corrected chi connectivity index (χ1v) is 12.7. The summed E-state index contributed by atoms with van der Waals surface area (Å²) in [6.07, 6.45) is 1.57. The third-order valence-electron chi connectivity index (χ3n) is 5.14. The van der Waals surface area contributed by atoms with Crippen LogP contribution in [0.1, 0.15) is 25.3 Å². The number of aliphatic imine (C=N–C) groups is 1. The summed E-state index contributed by atoms with van der Waals surface area (Å²) in [5.74, 6) is 0.909. The standard InChI is InChI=1S/C22H30N4O2S2/c1-3-30(27,28)26-15-13-19(14-16-26)25-22(23-2)24-17-18-9-11-21(12-10-18)29-20-7-5-4-6-8-20/h4-12,19H,3,13-17H2,1-2H3,(H2,23,24,25). The number of nitrogens with one attached hydrogen (secondary N) is 2. The van der Waals surface area contributed by atoms with Gasteiger partial charge in [-0.05, 0) is 49.6 Å². The van der Waals surface area contributed by atoms with Crippen molar-refractivity contribution in [1.82, 2.24) is 14.9 Å². The first kappa shape index (κ1) is 22.7. The van der Waals surface area contributed by atoms with E-state index in [0.717, 1.165) is 18.8 Å². The summed E-state index contributed by atoms with van der Waals surface area (Å²) in [5, 5.41) is 6.78. The first-order chi connectivity index (χ1) is 14.5. The van der Waals surface area contributed by atoms with Gasteiger partial charge in [0, 0.05) is 42.5 Å². The molecule has 2 aromatic rings. The van der Waals surface area contributed by atoms with E-state index in [1.807, 2.05) is 18.2 Å². The number of piperidine rings is 1. The molecule has 30 heavy (non-hydrogen) atoms. The molecule has 0 aliphatic carbocycles. The minimum Gasteiger partial charge on any atom is -0.354 e. The lowest BCUT2D eigenvalue weighted by Crippen LogP contribution is -2.49. The van der Waals surface area contributed by atoms with Gasteiger partial charge in [0.1, 0.15) is 0 Å².